The van der Waals surface area contributed by atoms with Crippen LogP contribution in [0.25, 0.3) is 33.5 Å². The average Bonchev–Trinajstić information content (AvgIpc) is 2.94. The summed E-state index contributed by atoms with van der Waals surface area (Å²) in [5.41, 5.74) is 4.78. The van der Waals surface area contributed by atoms with Crippen LogP contribution in [0.15, 0.2) is 65.7 Å². The van der Waals surface area contributed by atoms with Crippen molar-refractivity contribution in [1.29, 1.82) is 0 Å². The molecular formula is C17H12N4O. The maximum Gasteiger partial charge on any atom is 0.325 e. The highest BCUT2D eigenvalue weighted by Crippen LogP contribution is 2.31. The Hall–Kier alpha value is -3.21. The maximum absolute atomic E-state index is 11.5. The number of benzene rings is 1. The zero-order valence-electron chi connectivity index (χ0n) is 11.6. The van der Waals surface area contributed by atoms with E-state index in [-0.39, 0.29) is 5.69 Å². The van der Waals surface area contributed by atoms with Crippen LogP contribution < -0.4 is 5.69 Å². The molecule has 3 aromatic heterocycles. The number of aromatic nitrogens is 4. The summed E-state index contributed by atoms with van der Waals surface area (Å²) in [6.45, 7) is 0. The molecule has 0 radical (unpaired) electrons. The molecule has 0 unspecified atom stereocenters. The second-order valence-electron chi connectivity index (χ2n) is 4.96. The van der Waals surface area contributed by atoms with Gasteiger partial charge in [-0.15, -0.1) is 0 Å². The van der Waals surface area contributed by atoms with E-state index in [1.165, 1.54) is 0 Å². The molecule has 0 atom stereocenters. The van der Waals surface area contributed by atoms with E-state index in [4.69, 9.17) is 0 Å². The summed E-state index contributed by atoms with van der Waals surface area (Å²) in [6.07, 6.45) is 3.49. The van der Waals surface area contributed by atoms with Crippen LogP contribution in [0.1, 0.15) is 0 Å². The van der Waals surface area contributed by atoms with Crippen LogP contribution in [0, 0.1) is 0 Å². The molecule has 0 bridgehead atoms. The lowest BCUT2D eigenvalue weighted by Gasteiger charge is -2.09. The molecule has 0 saturated carbocycles. The fourth-order valence-corrected chi connectivity index (χ4v) is 2.53. The first-order valence-electron chi connectivity index (χ1n) is 6.90. The van der Waals surface area contributed by atoms with Crippen LogP contribution in [0.5, 0.6) is 0 Å². The molecule has 5 heteroatoms. The second-order valence-corrected chi connectivity index (χ2v) is 4.96. The van der Waals surface area contributed by atoms with E-state index < -0.39 is 0 Å². The summed E-state index contributed by atoms with van der Waals surface area (Å²) in [5, 5.41) is 0. The van der Waals surface area contributed by atoms with Gasteiger partial charge in [-0.1, -0.05) is 30.3 Å². The van der Waals surface area contributed by atoms with Crippen LogP contribution in [-0.2, 0) is 0 Å². The van der Waals surface area contributed by atoms with Gasteiger partial charge in [-0.25, -0.2) is 9.78 Å². The predicted octanol–water partition coefficient (Wildman–Crippen LogP) is 2.98. The number of aromatic amines is 2. The quantitative estimate of drug-likeness (QED) is 0.595. The number of pyridine rings is 2. The number of imidazole rings is 1. The molecule has 0 aliphatic heterocycles. The smallest absolute Gasteiger partial charge is 0.304 e. The van der Waals surface area contributed by atoms with Crippen molar-refractivity contribution in [1.82, 2.24) is 19.9 Å². The molecule has 0 saturated heterocycles. The van der Waals surface area contributed by atoms with Crippen molar-refractivity contribution in [3.8, 4) is 22.4 Å². The summed E-state index contributed by atoms with van der Waals surface area (Å²) in [6, 6.07) is 15.7. The van der Waals surface area contributed by atoms with Gasteiger partial charge in [0.1, 0.15) is 0 Å². The van der Waals surface area contributed by atoms with Crippen LogP contribution in [0.4, 0.5) is 0 Å². The predicted molar refractivity (Wildman–Crippen MR) is 85.4 cm³/mol. The molecule has 1 aromatic carbocycles. The third kappa shape index (κ3) is 2.09. The number of nitrogens with one attached hydrogen (secondary N) is 2. The van der Waals surface area contributed by atoms with Crippen LogP contribution >= 0.6 is 0 Å². The zero-order valence-corrected chi connectivity index (χ0v) is 11.6. The fourth-order valence-electron chi connectivity index (χ4n) is 2.53. The van der Waals surface area contributed by atoms with E-state index in [2.05, 4.69) is 19.9 Å². The molecule has 5 nitrogen and oxygen atoms in total. The van der Waals surface area contributed by atoms with E-state index in [1.54, 1.807) is 12.4 Å². The van der Waals surface area contributed by atoms with Crippen LogP contribution in [0.3, 0.4) is 0 Å². The minimum Gasteiger partial charge on any atom is -0.304 e. The van der Waals surface area contributed by atoms with Crippen LogP contribution in [0.2, 0.25) is 0 Å². The second kappa shape index (κ2) is 4.96. The molecule has 0 spiro atoms. The van der Waals surface area contributed by atoms with E-state index in [1.807, 2.05) is 48.5 Å². The lowest BCUT2D eigenvalue weighted by Crippen LogP contribution is -1.99. The third-order valence-corrected chi connectivity index (χ3v) is 3.54. The highest BCUT2D eigenvalue weighted by atomic mass is 16.1. The minimum atomic E-state index is -0.256. The molecule has 106 valence electrons. The normalized spacial score (nSPS) is 10.9. The minimum absolute atomic E-state index is 0.256. The van der Waals surface area contributed by atoms with Crippen molar-refractivity contribution in [2.75, 3.05) is 0 Å². The maximum atomic E-state index is 11.5. The van der Waals surface area contributed by atoms with Gasteiger partial charge < -0.3 is 4.98 Å². The number of rotatable bonds is 2. The Bertz CT molecular complexity index is 908. The van der Waals surface area contributed by atoms with Gasteiger partial charge in [0.25, 0.3) is 0 Å². The molecule has 22 heavy (non-hydrogen) atoms. The number of hydrogen-bond donors (Lipinski definition) is 2. The van der Waals surface area contributed by atoms with Crippen molar-refractivity contribution < 1.29 is 0 Å². The summed E-state index contributed by atoms with van der Waals surface area (Å²) in [4.78, 5) is 25.7. The average molecular weight is 288 g/mol. The lowest BCUT2D eigenvalue weighted by atomic mass is 10.00. The van der Waals surface area contributed by atoms with Crippen molar-refractivity contribution in [3.63, 3.8) is 0 Å². The first kappa shape index (κ1) is 12.5. The molecule has 4 aromatic rings. The molecule has 0 aliphatic rings. The summed E-state index contributed by atoms with van der Waals surface area (Å²) < 4.78 is 0. The van der Waals surface area contributed by atoms with Crippen molar-refractivity contribution in [2.45, 2.75) is 0 Å². The van der Waals surface area contributed by atoms with Gasteiger partial charge in [-0.3, -0.25) is 9.97 Å². The first-order valence-corrected chi connectivity index (χ1v) is 6.90. The number of H-pyrrole nitrogens is 2. The fraction of sp³-hybridized carbons (Fsp3) is 0. The van der Waals surface area contributed by atoms with E-state index in [0.29, 0.717) is 11.2 Å². The Morgan fingerprint density at radius 3 is 2.41 bits per heavy atom. The Morgan fingerprint density at radius 1 is 0.864 bits per heavy atom. The van der Waals surface area contributed by atoms with Crippen LogP contribution in [-0.4, -0.2) is 19.9 Å². The number of nitrogens with zero attached hydrogens (tertiary/aromatic N) is 2. The van der Waals surface area contributed by atoms with Crippen molar-refractivity contribution >= 4 is 11.2 Å². The molecule has 0 fully saturated rings. The molecule has 3 heterocycles. The largest absolute Gasteiger partial charge is 0.325 e. The van der Waals surface area contributed by atoms with E-state index in [9.17, 15) is 4.79 Å². The van der Waals surface area contributed by atoms with E-state index in [0.717, 1.165) is 22.4 Å². The van der Waals surface area contributed by atoms with Gasteiger partial charge in [0.05, 0.1) is 11.2 Å². The highest BCUT2D eigenvalue weighted by Gasteiger charge is 2.12. The molecule has 0 aliphatic carbocycles. The first-order chi connectivity index (χ1) is 10.8. The highest BCUT2D eigenvalue weighted by molar-refractivity contribution is 5.88. The molecule has 0 amide bonds. The van der Waals surface area contributed by atoms with Crippen molar-refractivity contribution in [3.05, 3.63) is 71.4 Å². The summed E-state index contributed by atoms with van der Waals surface area (Å²) in [7, 11) is 0. The van der Waals surface area contributed by atoms with Gasteiger partial charge in [0.2, 0.25) is 0 Å². The monoisotopic (exact) mass is 288 g/mol. The summed E-state index contributed by atoms with van der Waals surface area (Å²) >= 11 is 0. The molecule has 2 N–H and O–H groups in total. The van der Waals surface area contributed by atoms with E-state index >= 15 is 0 Å². The van der Waals surface area contributed by atoms with Gasteiger partial charge >= 0.3 is 5.69 Å². The molecule has 4 rings (SSSR count). The Morgan fingerprint density at radius 2 is 1.64 bits per heavy atom. The SMILES string of the molecule is O=c1[nH]c2cc(-c3ccncc3)c(-c3ccccc3)nc2[nH]1. The third-order valence-electron chi connectivity index (χ3n) is 3.54. The summed E-state index contributed by atoms with van der Waals surface area (Å²) in [5.74, 6) is 0. The Balaban J connectivity index is 2.06. The molecular weight excluding hydrogens is 276 g/mol. The van der Waals surface area contributed by atoms with Crippen molar-refractivity contribution in [2.24, 2.45) is 0 Å². The van der Waals surface area contributed by atoms with Gasteiger partial charge in [0.15, 0.2) is 5.65 Å². The lowest BCUT2D eigenvalue weighted by molar-refractivity contribution is 1.20. The topological polar surface area (TPSA) is 74.4 Å². The zero-order chi connectivity index (χ0) is 14.9. The number of fused-ring (bicyclic) bond motifs is 1. The Kier molecular flexibility index (Phi) is 2.83. The standard InChI is InChI=1S/C17H12N4O/c22-17-19-14-10-13(11-6-8-18-9-7-11)15(20-16(14)21-17)12-4-2-1-3-5-12/h1-10H,(H2,19,20,21,22). The van der Waals surface area contributed by atoms with Gasteiger partial charge in [-0.2, -0.15) is 0 Å². The Labute approximate surface area is 125 Å². The van der Waals surface area contributed by atoms with Gasteiger partial charge in [-0.05, 0) is 23.8 Å². The number of hydrogen-bond acceptors (Lipinski definition) is 3. The van der Waals surface area contributed by atoms with Gasteiger partial charge in [0, 0.05) is 23.5 Å².